The maximum absolute atomic E-state index is 15.0. The van der Waals surface area contributed by atoms with Crippen molar-refractivity contribution in [2.24, 2.45) is 17.8 Å². The molecule has 14 nitrogen and oxygen atoms in total. The molecule has 3 N–H and O–H groups in total. The Morgan fingerprint density at radius 2 is 1.83 bits per heavy atom. The second-order valence-corrected chi connectivity index (χ2v) is 18.2. The molecule has 0 spiro atoms. The Morgan fingerprint density at radius 1 is 1.11 bits per heavy atom. The molecule has 6 rings (SSSR count). The lowest BCUT2D eigenvalue weighted by atomic mass is 9.85. The van der Waals surface area contributed by atoms with Crippen LogP contribution in [0.25, 0.3) is 10.8 Å². The number of carboxylic acid groups (broad SMARTS) is 1. The molecule has 2 aromatic rings. The minimum atomic E-state index is -3.91. The van der Waals surface area contributed by atoms with Gasteiger partial charge in [0.25, 0.3) is 5.91 Å². The Labute approximate surface area is 310 Å². The summed E-state index contributed by atoms with van der Waals surface area (Å²) in [6, 6.07) is 6.89. The number of allylic oxidation sites excluding steroid dienone is 1. The van der Waals surface area contributed by atoms with Crippen molar-refractivity contribution in [3.8, 4) is 11.8 Å². The molecule has 0 unspecified atom stereocenters. The maximum atomic E-state index is 15.0. The van der Waals surface area contributed by atoms with Crippen LogP contribution < -0.4 is 19.5 Å². The first kappa shape index (κ1) is 38.3. The molecule has 2 saturated carbocycles. The molecule has 3 fully saturated rings. The van der Waals surface area contributed by atoms with Gasteiger partial charge in [0.15, 0.2) is 0 Å². The first-order valence-corrected chi connectivity index (χ1v) is 20.0. The van der Waals surface area contributed by atoms with Crippen LogP contribution in [-0.2, 0) is 24.4 Å². The van der Waals surface area contributed by atoms with Crippen LogP contribution in [0.15, 0.2) is 42.5 Å². The predicted octanol–water partition coefficient (Wildman–Crippen LogP) is 4.23. The van der Waals surface area contributed by atoms with Crippen molar-refractivity contribution in [3.05, 3.63) is 42.5 Å². The predicted molar refractivity (Wildman–Crippen MR) is 197 cm³/mol. The zero-order chi connectivity index (χ0) is 38.5. The lowest BCUT2D eigenvalue weighted by Crippen LogP contribution is -2.62. The van der Waals surface area contributed by atoms with Crippen LogP contribution in [0.3, 0.4) is 0 Å². The number of methoxy groups -OCH3 is 1. The van der Waals surface area contributed by atoms with Gasteiger partial charge in [-0.3, -0.25) is 24.0 Å². The van der Waals surface area contributed by atoms with E-state index in [-0.39, 0.29) is 31.2 Å². The van der Waals surface area contributed by atoms with Gasteiger partial charge in [-0.25, -0.2) is 13.2 Å². The van der Waals surface area contributed by atoms with Crippen molar-refractivity contribution in [1.82, 2.24) is 24.8 Å². The molecule has 4 amide bonds. The highest BCUT2D eigenvalue weighted by atomic mass is 32.2. The lowest BCUT2D eigenvalue weighted by Gasteiger charge is -2.43. The van der Waals surface area contributed by atoms with Crippen molar-refractivity contribution in [2.75, 3.05) is 13.7 Å². The van der Waals surface area contributed by atoms with Crippen LogP contribution in [-0.4, -0.2) is 100 Å². The fourth-order valence-electron chi connectivity index (χ4n) is 7.96. The number of carbonyl (C=O) groups excluding carboxylic acids is 3. The van der Waals surface area contributed by atoms with Gasteiger partial charge in [-0.15, -0.1) is 0 Å². The van der Waals surface area contributed by atoms with Crippen LogP contribution in [0.1, 0.15) is 79.6 Å². The number of nitrogens with one attached hydrogen (secondary N) is 2. The highest BCUT2D eigenvalue weighted by Gasteiger charge is 2.62. The maximum Gasteiger partial charge on any atom is 0.408 e. The minimum absolute atomic E-state index is 0.00343. The van der Waals surface area contributed by atoms with Crippen LogP contribution in [0.2, 0.25) is 0 Å². The summed E-state index contributed by atoms with van der Waals surface area (Å²) < 4.78 is 39.9. The number of ether oxygens (including phenoxy) is 2. The number of amides is 4. The van der Waals surface area contributed by atoms with Crippen molar-refractivity contribution >= 4 is 44.6 Å². The molecule has 1 saturated heterocycles. The smallest absolute Gasteiger partial charge is 0.408 e. The Bertz CT molecular complexity index is 1910. The van der Waals surface area contributed by atoms with Crippen molar-refractivity contribution < 1.29 is 42.2 Å². The highest BCUT2D eigenvalue weighted by Crippen LogP contribution is 2.46. The molecule has 0 bridgehead atoms. The fourth-order valence-corrected chi connectivity index (χ4v) is 9.33. The lowest BCUT2D eigenvalue weighted by molar-refractivity contribution is -0.146. The summed E-state index contributed by atoms with van der Waals surface area (Å²) in [6.07, 6.45) is 4.84. The normalized spacial score (nSPS) is 30.2. The monoisotopic (exact) mass is 753 g/mol. The van der Waals surface area contributed by atoms with Gasteiger partial charge < -0.3 is 24.8 Å². The second kappa shape index (κ2) is 14.4. The number of hydrogen-bond donors (Lipinski definition) is 3. The first-order chi connectivity index (χ1) is 24.9. The van der Waals surface area contributed by atoms with Crippen molar-refractivity contribution in [2.45, 2.75) is 114 Å². The summed E-state index contributed by atoms with van der Waals surface area (Å²) in [5, 5.41) is 14.3. The minimum Gasteiger partial charge on any atom is -0.481 e. The third kappa shape index (κ3) is 7.95. The first-order valence-electron chi connectivity index (χ1n) is 18.4. The van der Waals surface area contributed by atoms with E-state index in [4.69, 9.17) is 9.47 Å². The van der Waals surface area contributed by atoms with E-state index < -0.39 is 80.2 Å². The third-order valence-corrected chi connectivity index (χ3v) is 12.8. The van der Waals surface area contributed by atoms with Gasteiger partial charge in [0.2, 0.25) is 33.6 Å². The van der Waals surface area contributed by atoms with Gasteiger partial charge in [0.05, 0.1) is 18.9 Å². The van der Waals surface area contributed by atoms with E-state index in [2.05, 4.69) is 21.9 Å². The third-order valence-electron chi connectivity index (χ3n) is 10.9. The van der Waals surface area contributed by atoms with E-state index >= 15 is 0 Å². The number of rotatable bonds is 7. The van der Waals surface area contributed by atoms with Gasteiger partial charge >= 0.3 is 6.09 Å². The Kier molecular flexibility index (Phi) is 10.4. The molecule has 2 aliphatic carbocycles. The average Bonchev–Trinajstić information content (AvgIpc) is 4.01. The van der Waals surface area contributed by atoms with Crippen molar-refractivity contribution in [3.63, 3.8) is 0 Å². The van der Waals surface area contributed by atoms with Crippen LogP contribution in [0.5, 0.6) is 11.8 Å². The average molecular weight is 754 g/mol. The molecule has 288 valence electrons. The Balaban J connectivity index is 1.40. The molecule has 1 aromatic carbocycles. The number of carbonyl (C=O) groups is 4. The summed E-state index contributed by atoms with van der Waals surface area (Å²) in [4.78, 5) is 63.3. The molecule has 53 heavy (non-hydrogen) atoms. The molecule has 15 heteroatoms. The van der Waals surface area contributed by atoms with Crippen LogP contribution in [0, 0.1) is 17.8 Å². The number of sulfonamides is 1. The van der Waals surface area contributed by atoms with Gasteiger partial charge in [0.1, 0.15) is 23.7 Å². The molecule has 3 heterocycles. The van der Waals surface area contributed by atoms with Crippen LogP contribution >= 0.6 is 0 Å². The van der Waals surface area contributed by atoms with E-state index in [1.54, 1.807) is 26.8 Å². The molecule has 1 aromatic heterocycles. The van der Waals surface area contributed by atoms with E-state index in [1.807, 2.05) is 43.3 Å². The quantitative estimate of drug-likeness (QED) is 0.346. The van der Waals surface area contributed by atoms with E-state index in [0.717, 1.165) is 11.8 Å². The highest BCUT2D eigenvalue weighted by molar-refractivity contribution is 7.91. The zero-order valence-electron chi connectivity index (χ0n) is 31.2. The molecule has 2 aliphatic heterocycles. The molecular formula is C38H51N5O9S. The summed E-state index contributed by atoms with van der Waals surface area (Å²) in [6.45, 7) is 9.05. The van der Waals surface area contributed by atoms with Crippen molar-refractivity contribution in [1.29, 1.82) is 0 Å². The number of pyridine rings is 1. The summed E-state index contributed by atoms with van der Waals surface area (Å²) in [5.74, 6) is -2.23. The topological polar surface area (TPSA) is 185 Å². The van der Waals surface area contributed by atoms with Gasteiger partial charge in [0, 0.05) is 29.3 Å². The van der Waals surface area contributed by atoms with E-state index in [1.165, 1.54) is 16.9 Å². The Hall–Kier alpha value is -4.40. The largest absolute Gasteiger partial charge is 0.481 e. The molecule has 0 radical (unpaired) electrons. The van der Waals surface area contributed by atoms with Gasteiger partial charge in [-0.2, -0.15) is 4.98 Å². The standard InChI is InChI=1S/C38H51N5O9S/c1-22-11-7-9-13-25-20-38(25,35(46)41-53(49,50)27-15-16-27)40-32(44)29-19-26(52-33-28-14-10-8-12-24(28)18-30(39-33)51-6)21-42(29)34(45)31(23(2)17-22)43(36(47)48)37(3,4)5/h8-10,12-14,18,22-23,25-27,29,31H,7,11,15-17,19-21H2,1-6H3,(H,40,44)(H,41,46)(H,47,48)/b13-9-/t22-,23-,25-,26-,29+,31+,38-/m1/s1. The van der Waals surface area contributed by atoms with Gasteiger partial charge in [-0.05, 0) is 82.6 Å². The van der Waals surface area contributed by atoms with E-state index in [9.17, 15) is 32.7 Å². The van der Waals surface area contributed by atoms with Crippen LogP contribution in [0.4, 0.5) is 4.79 Å². The second-order valence-electron chi connectivity index (χ2n) is 16.2. The summed E-state index contributed by atoms with van der Waals surface area (Å²) in [7, 11) is -2.42. The van der Waals surface area contributed by atoms with E-state index in [0.29, 0.717) is 36.9 Å². The molecule has 4 aliphatic rings. The van der Waals surface area contributed by atoms with Gasteiger partial charge in [-0.1, -0.05) is 44.2 Å². The molecular weight excluding hydrogens is 703 g/mol. The number of fused-ring (bicyclic) bond motifs is 3. The Morgan fingerprint density at radius 3 is 2.49 bits per heavy atom. The summed E-state index contributed by atoms with van der Waals surface area (Å²) >= 11 is 0. The summed E-state index contributed by atoms with van der Waals surface area (Å²) in [5.41, 5.74) is -2.51. The number of hydrogen-bond acceptors (Lipinski definition) is 9. The number of benzene rings is 1. The SMILES string of the molecule is COc1cc2ccccc2c(O[C@@H]2C[C@H]3C(=O)N[C@]4(C(=O)NS(=O)(=O)C5CC5)C[C@H]4/C=C\CC[C@@H](C)C[C@@H](C)[C@H](N(C(=O)O)C(C)(C)C)C(=O)N3C2)n1. The zero-order valence-corrected chi connectivity index (χ0v) is 32.0. The number of aromatic nitrogens is 1. The number of nitrogens with zero attached hydrogens (tertiary/aromatic N) is 3. The molecule has 7 atom stereocenters. The fraction of sp³-hybridized carbons (Fsp3) is 0.605.